The van der Waals surface area contributed by atoms with Gasteiger partial charge >= 0.3 is 0 Å². The van der Waals surface area contributed by atoms with Gasteiger partial charge in [-0.1, -0.05) is 78.3 Å². The first-order valence-electron chi connectivity index (χ1n) is 9.89. The van der Waals surface area contributed by atoms with E-state index in [9.17, 15) is 5.11 Å². The van der Waals surface area contributed by atoms with E-state index >= 15 is 0 Å². The van der Waals surface area contributed by atoms with Crippen molar-refractivity contribution in [2.24, 2.45) is 0 Å². The maximum Gasteiger partial charge on any atom is 0.0914 e. The SMILES string of the molecule is Cc1c(CNCC(O)c2ccccc2)c2ccccc2n1Cc1ccccc1Cl. The van der Waals surface area contributed by atoms with Crippen molar-refractivity contribution in [3.8, 4) is 0 Å². The van der Waals surface area contributed by atoms with Crippen LogP contribution in [-0.4, -0.2) is 16.2 Å². The first-order valence-corrected chi connectivity index (χ1v) is 10.3. The average molecular weight is 405 g/mol. The fourth-order valence-electron chi connectivity index (χ4n) is 3.85. The zero-order valence-corrected chi connectivity index (χ0v) is 17.2. The zero-order chi connectivity index (χ0) is 20.2. The lowest BCUT2D eigenvalue weighted by Crippen LogP contribution is -2.21. The second kappa shape index (κ2) is 8.83. The van der Waals surface area contributed by atoms with Gasteiger partial charge in [-0.15, -0.1) is 0 Å². The van der Waals surface area contributed by atoms with Crippen LogP contribution in [0.1, 0.15) is 28.5 Å². The van der Waals surface area contributed by atoms with Crippen LogP contribution in [0, 0.1) is 6.92 Å². The summed E-state index contributed by atoms with van der Waals surface area (Å²) in [5.74, 6) is 0. The fraction of sp³-hybridized carbons (Fsp3) is 0.200. The standard InChI is InChI=1S/C25H25ClN2O/c1-18-22(15-27-16-25(29)19-9-3-2-4-10-19)21-12-6-8-14-24(21)28(18)17-20-11-5-7-13-23(20)26/h2-14,25,27,29H,15-17H2,1H3. The molecule has 1 unspecified atom stereocenters. The highest BCUT2D eigenvalue weighted by atomic mass is 35.5. The third-order valence-electron chi connectivity index (χ3n) is 5.47. The molecular weight excluding hydrogens is 380 g/mol. The van der Waals surface area contributed by atoms with Gasteiger partial charge in [0, 0.05) is 41.3 Å². The highest BCUT2D eigenvalue weighted by molar-refractivity contribution is 6.31. The Morgan fingerprint density at radius 2 is 1.62 bits per heavy atom. The normalized spacial score (nSPS) is 12.4. The monoisotopic (exact) mass is 404 g/mol. The fourth-order valence-corrected chi connectivity index (χ4v) is 4.05. The molecule has 1 atom stereocenters. The molecular formula is C25H25ClN2O. The number of hydrogen-bond acceptors (Lipinski definition) is 2. The highest BCUT2D eigenvalue weighted by Gasteiger charge is 2.15. The molecule has 0 bridgehead atoms. The number of para-hydroxylation sites is 1. The van der Waals surface area contributed by atoms with Crippen molar-refractivity contribution in [2.75, 3.05) is 6.54 Å². The summed E-state index contributed by atoms with van der Waals surface area (Å²) in [6.45, 7) is 4.10. The lowest BCUT2D eigenvalue weighted by molar-refractivity contribution is 0.174. The van der Waals surface area contributed by atoms with Crippen LogP contribution in [-0.2, 0) is 13.1 Å². The van der Waals surface area contributed by atoms with Crippen molar-refractivity contribution in [3.05, 3.63) is 106 Å². The van der Waals surface area contributed by atoms with Crippen molar-refractivity contribution in [3.63, 3.8) is 0 Å². The zero-order valence-electron chi connectivity index (χ0n) is 16.5. The number of nitrogens with one attached hydrogen (secondary N) is 1. The van der Waals surface area contributed by atoms with E-state index in [-0.39, 0.29) is 0 Å². The predicted octanol–water partition coefficient (Wildman–Crippen LogP) is 5.47. The molecule has 1 aromatic heterocycles. The number of aromatic nitrogens is 1. The summed E-state index contributed by atoms with van der Waals surface area (Å²) in [5.41, 5.74) is 5.71. The van der Waals surface area contributed by atoms with Gasteiger partial charge in [0.2, 0.25) is 0 Å². The number of hydrogen-bond donors (Lipinski definition) is 2. The van der Waals surface area contributed by atoms with Gasteiger partial charge < -0.3 is 15.0 Å². The Hall–Kier alpha value is -2.59. The van der Waals surface area contributed by atoms with Gasteiger partial charge in [0.05, 0.1) is 6.10 Å². The van der Waals surface area contributed by atoms with E-state index in [1.165, 1.54) is 22.2 Å². The maximum absolute atomic E-state index is 10.4. The Balaban J connectivity index is 1.57. The topological polar surface area (TPSA) is 37.2 Å². The average Bonchev–Trinajstić information content (AvgIpc) is 3.02. The molecule has 0 aliphatic rings. The van der Waals surface area contributed by atoms with Crippen molar-refractivity contribution in [1.82, 2.24) is 9.88 Å². The van der Waals surface area contributed by atoms with Gasteiger partial charge in [-0.3, -0.25) is 0 Å². The van der Waals surface area contributed by atoms with Crippen molar-refractivity contribution in [1.29, 1.82) is 0 Å². The Morgan fingerprint density at radius 1 is 0.931 bits per heavy atom. The van der Waals surface area contributed by atoms with Crippen molar-refractivity contribution < 1.29 is 5.11 Å². The molecule has 3 nitrogen and oxygen atoms in total. The minimum absolute atomic E-state index is 0.507. The molecule has 0 saturated heterocycles. The second-order valence-electron chi connectivity index (χ2n) is 7.32. The summed E-state index contributed by atoms with van der Waals surface area (Å²) in [7, 11) is 0. The highest BCUT2D eigenvalue weighted by Crippen LogP contribution is 2.28. The Kier molecular flexibility index (Phi) is 6.00. The predicted molar refractivity (Wildman–Crippen MR) is 120 cm³/mol. The van der Waals surface area contributed by atoms with Crippen LogP contribution in [0.4, 0.5) is 0 Å². The number of fused-ring (bicyclic) bond motifs is 1. The molecule has 29 heavy (non-hydrogen) atoms. The van der Waals surface area contributed by atoms with E-state index in [2.05, 4.69) is 47.1 Å². The molecule has 0 spiro atoms. The molecule has 3 aromatic carbocycles. The maximum atomic E-state index is 10.4. The number of nitrogens with zero attached hydrogens (tertiary/aromatic N) is 1. The molecule has 2 N–H and O–H groups in total. The van der Waals surface area contributed by atoms with Gasteiger partial charge in [0.25, 0.3) is 0 Å². The molecule has 0 radical (unpaired) electrons. The van der Waals surface area contributed by atoms with Gasteiger partial charge in [-0.2, -0.15) is 0 Å². The summed E-state index contributed by atoms with van der Waals surface area (Å²) in [5, 5.41) is 15.9. The second-order valence-corrected chi connectivity index (χ2v) is 7.72. The third kappa shape index (κ3) is 4.23. The number of benzene rings is 3. The molecule has 0 aliphatic heterocycles. The van der Waals surface area contributed by atoms with Gasteiger partial charge in [0.15, 0.2) is 0 Å². The Bertz CT molecular complexity index is 1100. The first-order chi connectivity index (χ1) is 14.1. The van der Waals surface area contributed by atoms with E-state index in [0.717, 1.165) is 22.7 Å². The van der Waals surface area contributed by atoms with E-state index in [4.69, 9.17) is 11.6 Å². The summed E-state index contributed by atoms with van der Waals surface area (Å²) < 4.78 is 2.32. The van der Waals surface area contributed by atoms with E-state index in [1.807, 2.05) is 48.5 Å². The minimum Gasteiger partial charge on any atom is -0.387 e. The van der Waals surface area contributed by atoms with Crippen LogP contribution in [0.5, 0.6) is 0 Å². The molecule has 4 heteroatoms. The third-order valence-corrected chi connectivity index (χ3v) is 5.84. The lowest BCUT2D eigenvalue weighted by atomic mass is 10.1. The quantitative estimate of drug-likeness (QED) is 0.428. The van der Waals surface area contributed by atoms with Crippen LogP contribution in [0.15, 0.2) is 78.9 Å². The molecule has 4 aromatic rings. The van der Waals surface area contributed by atoms with Crippen LogP contribution in [0.2, 0.25) is 5.02 Å². The van der Waals surface area contributed by atoms with Gasteiger partial charge in [0.1, 0.15) is 0 Å². The summed E-state index contributed by atoms with van der Waals surface area (Å²) in [4.78, 5) is 0. The van der Waals surface area contributed by atoms with Crippen molar-refractivity contribution >= 4 is 22.5 Å². The minimum atomic E-state index is -0.520. The number of aliphatic hydroxyl groups excluding tert-OH is 1. The van der Waals surface area contributed by atoms with E-state index < -0.39 is 6.10 Å². The number of halogens is 1. The van der Waals surface area contributed by atoms with Crippen LogP contribution in [0.25, 0.3) is 10.9 Å². The van der Waals surface area contributed by atoms with Crippen LogP contribution < -0.4 is 5.32 Å². The lowest BCUT2D eigenvalue weighted by Gasteiger charge is -2.13. The summed E-state index contributed by atoms with van der Waals surface area (Å²) >= 11 is 6.41. The van der Waals surface area contributed by atoms with Crippen molar-refractivity contribution in [2.45, 2.75) is 26.1 Å². The number of aliphatic hydroxyl groups is 1. The largest absolute Gasteiger partial charge is 0.387 e. The smallest absolute Gasteiger partial charge is 0.0914 e. The molecule has 0 aliphatic carbocycles. The van der Waals surface area contributed by atoms with Gasteiger partial charge in [-0.25, -0.2) is 0 Å². The van der Waals surface area contributed by atoms with Crippen LogP contribution in [0.3, 0.4) is 0 Å². The number of rotatable bonds is 7. The summed E-state index contributed by atoms with van der Waals surface area (Å²) in [6, 6.07) is 26.2. The van der Waals surface area contributed by atoms with Gasteiger partial charge in [-0.05, 0) is 35.7 Å². The molecule has 0 amide bonds. The first kappa shape index (κ1) is 19.7. The molecule has 148 valence electrons. The summed E-state index contributed by atoms with van der Waals surface area (Å²) in [6.07, 6.45) is -0.520. The molecule has 0 saturated carbocycles. The Morgan fingerprint density at radius 3 is 2.41 bits per heavy atom. The van der Waals surface area contributed by atoms with Crippen LogP contribution >= 0.6 is 11.6 Å². The molecule has 0 fully saturated rings. The molecule has 4 rings (SSSR count). The van der Waals surface area contributed by atoms with E-state index in [1.54, 1.807) is 0 Å². The van der Waals surface area contributed by atoms with E-state index in [0.29, 0.717) is 13.1 Å². The Labute approximate surface area is 176 Å². The molecule has 1 heterocycles.